The van der Waals surface area contributed by atoms with Crippen molar-refractivity contribution in [2.75, 3.05) is 13.1 Å². The van der Waals surface area contributed by atoms with E-state index >= 15 is 0 Å². The van der Waals surface area contributed by atoms with Crippen LogP contribution in [-0.4, -0.2) is 29.0 Å². The second-order valence-electron chi connectivity index (χ2n) is 3.75. The molecular formula is C10H14ClN3. The average molecular weight is 212 g/mol. The Labute approximate surface area is 88.9 Å². The predicted octanol–water partition coefficient (Wildman–Crippen LogP) is 1.27. The molecule has 0 bridgehead atoms. The lowest BCUT2D eigenvalue weighted by Gasteiger charge is -2.15. The molecule has 2 rings (SSSR count). The second-order valence-corrected chi connectivity index (χ2v) is 4.16. The zero-order valence-corrected chi connectivity index (χ0v) is 8.74. The fourth-order valence-corrected chi connectivity index (χ4v) is 1.96. The average Bonchev–Trinajstić information content (AvgIpc) is 2.56. The van der Waals surface area contributed by atoms with Crippen LogP contribution in [0.4, 0.5) is 0 Å². The number of nitrogens with zero attached hydrogens (tertiary/aromatic N) is 2. The summed E-state index contributed by atoms with van der Waals surface area (Å²) in [4.78, 5) is 6.28. The SMILES string of the molecule is N[C@H]1CCN(Cc2ccncc2Cl)C1. The van der Waals surface area contributed by atoms with Crippen molar-refractivity contribution in [3.8, 4) is 0 Å². The first-order valence-electron chi connectivity index (χ1n) is 4.82. The third-order valence-corrected chi connectivity index (χ3v) is 2.90. The summed E-state index contributed by atoms with van der Waals surface area (Å²) in [6, 6.07) is 2.29. The molecule has 1 aromatic rings. The van der Waals surface area contributed by atoms with E-state index in [0.717, 1.165) is 36.6 Å². The number of hydrogen-bond donors (Lipinski definition) is 1. The van der Waals surface area contributed by atoms with Gasteiger partial charge in [0, 0.05) is 38.1 Å². The van der Waals surface area contributed by atoms with Gasteiger partial charge in [0.05, 0.1) is 5.02 Å². The molecule has 0 unspecified atom stereocenters. The molecule has 4 heteroatoms. The molecule has 3 nitrogen and oxygen atoms in total. The summed E-state index contributed by atoms with van der Waals surface area (Å²) in [5.74, 6) is 0. The van der Waals surface area contributed by atoms with Crippen molar-refractivity contribution in [1.82, 2.24) is 9.88 Å². The smallest absolute Gasteiger partial charge is 0.0634 e. The number of hydrogen-bond acceptors (Lipinski definition) is 3. The lowest BCUT2D eigenvalue weighted by molar-refractivity contribution is 0.327. The molecule has 2 heterocycles. The minimum absolute atomic E-state index is 0.329. The molecular weight excluding hydrogens is 198 g/mol. The van der Waals surface area contributed by atoms with Gasteiger partial charge in [-0.2, -0.15) is 0 Å². The standard InChI is InChI=1S/C10H14ClN3/c11-10-5-13-3-1-8(10)6-14-4-2-9(12)7-14/h1,3,5,9H,2,4,6-7,12H2/t9-/m0/s1. The highest BCUT2D eigenvalue weighted by molar-refractivity contribution is 6.31. The summed E-state index contributed by atoms with van der Waals surface area (Å²) in [6.07, 6.45) is 4.55. The number of likely N-dealkylation sites (tertiary alicyclic amines) is 1. The highest BCUT2D eigenvalue weighted by Crippen LogP contribution is 2.18. The molecule has 0 radical (unpaired) electrons. The Morgan fingerprint density at radius 1 is 1.64 bits per heavy atom. The van der Waals surface area contributed by atoms with Gasteiger partial charge in [-0.25, -0.2) is 0 Å². The van der Waals surface area contributed by atoms with Crippen LogP contribution >= 0.6 is 11.6 Å². The van der Waals surface area contributed by atoms with Crippen molar-refractivity contribution in [2.24, 2.45) is 5.73 Å². The van der Waals surface area contributed by atoms with Gasteiger partial charge in [0.1, 0.15) is 0 Å². The van der Waals surface area contributed by atoms with Crippen LogP contribution in [0.2, 0.25) is 5.02 Å². The maximum absolute atomic E-state index is 6.02. The lowest BCUT2D eigenvalue weighted by atomic mass is 10.2. The van der Waals surface area contributed by atoms with Crippen LogP contribution < -0.4 is 5.73 Å². The summed E-state index contributed by atoms with van der Waals surface area (Å²) in [5.41, 5.74) is 6.96. The number of pyridine rings is 1. The van der Waals surface area contributed by atoms with Crippen LogP contribution in [-0.2, 0) is 6.54 Å². The molecule has 1 aliphatic heterocycles. The van der Waals surface area contributed by atoms with E-state index in [-0.39, 0.29) is 0 Å². The fraction of sp³-hybridized carbons (Fsp3) is 0.500. The Bertz CT molecular complexity index is 316. The Morgan fingerprint density at radius 2 is 2.50 bits per heavy atom. The van der Waals surface area contributed by atoms with Crippen molar-refractivity contribution < 1.29 is 0 Å². The molecule has 1 fully saturated rings. The molecule has 1 aromatic heterocycles. The van der Waals surface area contributed by atoms with Gasteiger partial charge in [-0.05, 0) is 18.1 Å². The zero-order valence-electron chi connectivity index (χ0n) is 7.99. The molecule has 0 aliphatic carbocycles. The van der Waals surface area contributed by atoms with E-state index in [2.05, 4.69) is 9.88 Å². The van der Waals surface area contributed by atoms with Crippen molar-refractivity contribution in [3.05, 3.63) is 29.0 Å². The molecule has 14 heavy (non-hydrogen) atoms. The predicted molar refractivity (Wildman–Crippen MR) is 57.1 cm³/mol. The number of aromatic nitrogens is 1. The maximum Gasteiger partial charge on any atom is 0.0634 e. The Balaban J connectivity index is 2.01. The van der Waals surface area contributed by atoms with E-state index in [4.69, 9.17) is 17.3 Å². The minimum atomic E-state index is 0.329. The van der Waals surface area contributed by atoms with Crippen molar-refractivity contribution >= 4 is 11.6 Å². The second kappa shape index (κ2) is 4.26. The molecule has 1 atom stereocenters. The lowest BCUT2D eigenvalue weighted by Crippen LogP contribution is -2.26. The van der Waals surface area contributed by atoms with Crippen LogP contribution in [0.25, 0.3) is 0 Å². The summed E-state index contributed by atoms with van der Waals surface area (Å²) < 4.78 is 0. The molecule has 1 aliphatic rings. The Morgan fingerprint density at radius 3 is 3.14 bits per heavy atom. The highest BCUT2D eigenvalue weighted by atomic mass is 35.5. The van der Waals surface area contributed by atoms with E-state index < -0.39 is 0 Å². The fourth-order valence-electron chi connectivity index (χ4n) is 1.78. The van der Waals surface area contributed by atoms with Gasteiger partial charge in [-0.3, -0.25) is 9.88 Å². The molecule has 0 aromatic carbocycles. The summed E-state index contributed by atoms with van der Waals surface area (Å²) in [7, 11) is 0. The van der Waals surface area contributed by atoms with E-state index in [1.165, 1.54) is 0 Å². The first-order chi connectivity index (χ1) is 6.75. The molecule has 76 valence electrons. The number of rotatable bonds is 2. The first-order valence-corrected chi connectivity index (χ1v) is 5.20. The minimum Gasteiger partial charge on any atom is -0.326 e. The van der Waals surface area contributed by atoms with Crippen molar-refractivity contribution in [1.29, 1.82) is 0 Å². The zero-order chi connectivity index (χ0) is 9.97. The van der Waals surface area contributed by atoms with Crippen molar-refractivity contribution in [3.63, 3.8) is 0 Å². The van der Waals surface area contributed by atoms with Gasteiger partial charge < -0.3 is 5.73 Å². The highest BCUT2D eigenvalue weighted by Gasteiger charge is 2.19. The largest absolute Gasteiger partial charge is 0.326 e. The van der Waals surface area contributed by atoms with Crippen LogP contribution in [0, 0.1) is 0 Å². The topological polar surface area (TPSA) is 42.1 Å². The van der Waals surface area contributed by atoms with Crippen LogP contribution in [0.3, 0.4) is 0 Å². The van der Waals surface area contributed by atoms with E-state index in [9.17, 15) is 0 Å². The summed E-state index contributed by atoms with van der Waals surface area (Å²) in [5, 5.41) is 0.743. The molecule has 1 saturated heterocycles. The maximum atomic E-state index is 6.02. The molecule has 0 saturated carbocycles. The van der Waals surface area contributed by atoms with Gasteiger partial charge >= 0.3 is 0 Å². The molecule has 2 N–H and O–H groups in total. The van der Waals surface area contributed by atoms with Crippen molar-refractivity contribution in [2.45, 2.75) is 19.0 Å². The summed E-state index contributed by atoms with van der Waals surface area (Å²) in [6.45, 7) is 2.92. The van der Waals surface area contributed by atoms with Gasteiger partial charge in [-0.15, -0.1) is 0 Å². The Hall–Kier alpha value is -0.640. The quantitative estimate of drug-likeness (QED) is 0.801. The van der Waals surface area contributed by atoms with Crippen LogP contribution in [0.15, 0.2) is 18.5 Å². The van der Waals surface area contributed by atoms with Crippen LogP contribution in [0.1, 0.15) is 12.0 Å². The van der Waals surface area contributed by atoms with Gasteiger partial charge in [0.2, 0.25) is 0 Å². The summed E-state index contributed by atoms with van der Waals surface area (Å²) >= 11 is 6.02. The van der Waals surface area contributed by atoms with E-state index in [1.54, 1.807) is 12.4 Å². The third-order valence-electron chi connectivity index (χ3n) is 2.56. The normalized spacial score (nSPS) is 22.9. The molecule has 0 amide bonds. The number of nitrogens with two attached hydrogens (primary N) is 1. The van der Waals surface area contributed by atoms with E-state index in [0.29, 0.717) is 6.04 Å². The third kappa shape index (κ3) is 2.23. The Kier molecular flexibility index (Phi) is 3.01. The monoisotopic (exact) mass is 211 g/mol. The van der Waals surface area contributed by atoms with Crippen LogP contribution in [0.5, 0.6) is 0 Å². The van der Waals surface area contributed by atoms with Gasteiger partial charge in [0.15, 0.2) is 0 Å². The number of halogens is 1. The molecule has 0 spiro atoms. The van der Waals surface area contributed by atoms with Gasteiger partial charge in [-0.1, -0.05) is 11.6 Å². The van der Waals surface area contributed by atoms with E-state index in [1.807, 2.05) is 6.07 Å². The first kappa shape index (κ1) is 9.90. The van der Waals surface area contributed by atoms with Gasteiger partial charge in [0.25, 0.3) is 0 Å².